The van der Waals surface area contributed by atoms with E-state index in [2.05, 4.69) is 5.10 Å². The van der Waals surface area contributed by atoms with Gasteiger partial charge in [-0.3, -0.25) is 0 Å². The zero-order valence-corrected chi connectivity index (χ0v) is 9.76. The molecule has 0 aliphatic carbocycles. The average Bonchev–Trinajstić information content (AvgIpc) is 2.71. The van der Waals surface area contributed by atoms with Crippen molar-refractivity contribution >= 4 is 10.9 Å². The van der Waals surface area contributed by atoms with Crippen LogP contribution in [0.15, 0.2) is 42.5 Å². The highest BCUT2D eigenvalue weighted by Crippen LogP contribution is 2.24. The number of hydrogen-bond acceptors (Lipinski definition) is 2. The van der Waals surface area contributed by atoms with Crippen LogP contribution in [-0.2, 0) is 0 Å². The molecule has 0 unspecified atom stereocenters. The molecule has 0 saturated heterocycles. The number of fused-ring (bicyclic) bond motifs is 1. The summed E-state index contributed by atoms with van der Waals surface area (Å²) in [5, 5.41) is 14.6. The van der Waals surface area contributed by atoms with Crippen molar-refractivity contribution in [2.45, 2.75) is 6.92 Å². The molecular weight excluding hydrogens is 231 g/mol. The Morgan fingerprint density at radius 1 is 1.17 bits per heavy atom. The molecular formula is C14H11FN2O. The maximum atomic E-state index is 13.4. The van der Waals surface area contributed by atoms with E-state index < -0.39 is 5.82 Å². The minimum atomic E-state index is -0.648. The van der Waals surface area contributed by atoms with Crippen LogP contribution in [0.4, 0.5) is 4.39 Å². The maximum Gasteiger partial charge on any atom is 0.166 e. The Hall–Kier alpha value is -2.36. The molecule has 3 nitrogen and oxygen atoms in total. The Morgan fingerprint density at radius 3 is 2.72 bits per heavy atom. The van der Waals surface area contributed by atoms with E-state index in [0.29, 0.717) is 5.69 Å². The van der Waals surface area contributed by atoms with Crippen LogP contribution in [0, 0.1) is 12.7 Å². The Balaban J connectivity index is 2.28. The Bertz CT molecular complexity index is 734. The van der Waals surface area contributed by atoms with E-state index in [-0.39, 0.29) is 5.75 Å². The van der Waals surface area contributed by atoms with Gasteiger partial charge in [0.15, 0.2) is 11.6 Å². The molecule has 4 heteroatoms. The van der Waals surface area contributed by atoms with E-state index in [4.69, 9.17) is 0 Å². The molecule has 1 N–H and O–H groups in total. The third-order valence-corrected chi connectivity index (χ3v) is 2.95. The van der Waals surface area contributed by atoms with Gasteiger partial charge >= 0.3 is 0 Å². The lowest BCUT2D eigenvalue weighted by molar-refractivity contribution is 0.432. The average molecular weight is 242 g/mol. The van der Waals surface area contributed by atoms with Gasteiger partial charge in [-0.25, -0.2) is 9.07 Å². The number of halogens is 1. The Kier molecular flexibility index (Phi) is 2.30. The quantitative estimate of drug-likeness (QED) is 0.711. The first-order valence-electron chi connectivity index (χ1n) is 5.60. The van der Waals surface area contributed by atoms with E-state index in [9.17, 15) is 9.50 Å². The number of benzene rings is 2. The van der Waals surface area contributed by atoms with Crippen molar-refractivity contribution in [3.63, 3.8) is 0 Å². The van der Waals surface area contributed by atoms with Crippen LogP contribution in [-0.4, -0.2) is 14.9 Å². The van der Waals surface area contributed by atoms with E-state index in [1.807, 2.05) is 31.2 Å². The molecule has 0 bridgehead atoms. The van der Waals surface area contributed by atoms with Crippen LogP contribution in [0.3, 0.4) is 0 Å². The van der Waals surface area contributed by atoms with Crippen LogP contribution in [0.1, 0.15) is 5.69 Å². The molecule has 3 rings (SSSR count). The highest BCUT2D eigenvalue weighted by molar-refractivity contribution is 5.83. The molecule has 0 spiro atoms. The summed E-state index contributed by atoms with van der Waals surface area (Å²) in [4.78, 5) is 0. The number of aromatic hydroxyl groups is 1. The fourth-order valence-corrected chi connectivity index (χ4v) is 2.05. The van der Waals surface area contributed by atoms with Crippen LogP contribution in [0.2, 0.25) is 0 Å². The van der Waals surface area contributed by atoms with Gasteiger partial charge in [0, 0.05) is 11.5 Å². The highest BCUT2D eigenvalue weighted by Gasteiger charge is 2.09. The predicted molar refractivity (Wildman–Crippen MR) is 67.4 cm³/mol. The molecule has 0 aliphatic rings. The smallest absolute Gasteiger partial charge is 0.166 e. The second-order valence-corrected chi connectivity index (χ2v) is 4.15. The normalized spacial score (nSPS) is 11.0. The third kappa shape index (κ3) is 1.54. The van der Waals surface area contributed by atoms with E-state index in [1.165, 1.54) is 12.1 Å². The van der Waals surface area contributed by atoms with Crippen molar-refractivity contribution in [3.05, 3.63) is 54.0 Å². The maximum absolute atomic E-state index is 13.4. The van der Waals surface area contributed by atoms with Crippen molar-refractivity contribution < 1.29 is 9.50 Å². The first-order valence-corrected chi connectivity index (χ1v) is 5.60. The number of aromatic nitrogens is 2. The molecule has 0 amide bonds. The molecule has 1 aromatic heterocycles. The largest absolute Gasteiger partial charge is 0.505 e. The van der Waals surface area contributed by atoms with E-state index in [1.54, 1.807) is 10.7 Å². The van der Waals surface area contributed by atoms with Crippen molar-refractivity contribution in [2.75, 3.05) is 0 Å². The molecule has 18 heavy (non-hydrogen) atoms. The zero-order chi connectivity index (χ0) is 12.7. The number of hydrogen-bond donors (Lipinski definition) is 1. The molecule has 3 aromatic rings. The minimum Gasteiger partial charge on any atom is -0.505 e. The number of phenols is 1. The van der Waals surface area contributed by atoms with Gasteiger partial charge in [0.25, 0.3) is 0 Å². The third-order valence-electron chi connectivity index (χ3n) is 2.95. The predicted octanol–water partition coefficient (Wildman–Crippen LogP) is 3.18. The fourth-order valence-electron chi connectivity index (χ4n) is 2.05. The number of para-hydroxylation sites is 1. The summed E-state index contributed by atoms with van der Waals surface area (Å²) in [6.45, 7) is 1.91. The van der Waals surface area contributed by atoms with Crippen LogP contribution in [0.25, 0.3) is 16.6 Å². The summed E-state index contributed by atoms with van der Waals surface area (Å²) in [5.74, 6) is -1.00. The van der Waals surface area contributed by atoms with Gasteiger partial charge in [0.2, 0.25) is 0 Å². The van der Waals surface area contributed by atoms with Crippen molar-refractivity contribution in [1.29, 1.82) is 0 Å². The van der Waals surface area contributed by atoms with Crippen molar-refractivity contribution in [3.8, 4) is 11.4 Å². The molecule has 0 aliphatic heterocycles. The number of nitrogens with zero attached hydrogens (tertiary/aromatic N) is 2. The van der Waals surface area contributed by atoms with Gasteiger partial charge in [-0.1, -0.05) is 18.2 Å². The van der Waals surface area contributed by atoms with Gasteiger partial charge in [0.1, 0.15) is 0 Å². The lowest BCUT2D eigenvalue weighted by Gasteiger charge is -2.04. The van der Waals surface area contributed by atoms with Gasteiger partial charge in [-0.05, 0) is 25.1 Å². The monoisotopic (exact) mass is 242 g/mol. The number of rotatable bonds is 1. The van der Waals surface area contributed by atoms with Gasteiger partial charge < -0.3 is 5.11 Å². The zero-order valence-electron chi connectivity index (χ0n) is 9.76. The number of phenolic OH excluding ortho intramolecular Hbond substituents is 1. The number of aryl methyl sites for hydroxylation is 1. The van der Waals surface area contributed by atoms with E-state index >= 15 is 0 Å². The second kappa shape index (κ2) is 3.84. The van der Waals surface area contributed by atoms with Crippen molar-refractivity contribution in [2.24, 2.45) is 0 Å². The molecule has 1 heterocycles. The van der Waals surface area contributed by atoms with Crippen LogP contribution in [0.5, 0.6) is 5.75 Å². The summed E-state index contributed by atoms with van der Waals surface area (Å²) in [7, 11) is 0. The van der Waals surface area contributed by atoms with Crippen LogP contribution < -0.4 is 0 Å². The summed E-state index contributed by atoms with van der Waals surface area (Å²) < 4.78 is 15.1. The molecule has 0 atom stereocenters. The highest BCUT2D eigenvalue weighted by atomic mass is 19.1. The molecule has 2 aromatic carbocycles. The van der Waals surface area contributed by atoms with Gasteiger partial charge in [0.05, 0.1) is 16.9 Å². The van der Waals surface area contributed by atoms with Gasteiger partial charge in [-0.15, -0.1) is 0 Å². The summed E-state index contributed by atoms with van der Waals surface area (Å²) >= 11 is 0. The summed E-state index contributed by atoms with van der Waals surface area (Å²) in [6, 6.07) is 12.0. The second-order valence-electron chi connectivity index (χ2n) is 4.15. The lowest BCUT2D eigenvalue weighted by Crippen LogP contribution is -1.97. The fraction of sp³-hybridized carbons (Fsp3) is 0.0714. The first-order chi connectivity index (χ1) is 8.66. The Labute approximate surface area is 103 Å². The van der Waals surface area contributed by atoms with Gasteiger partial charge in [-0.2, -0.15) is 5.10 Å². The minimum absolute atomic E-state index is 0.355. The van der Waals surface area contributed by atoms with Crippen LogP contribution >= 0.6 is 0 Å². The Morgan fingerprint density at radius 2 is 1.94 bits per heavy atom. The molecule has 90 valence electrons. The standard InChI is InChI=1S/C14H11FN2O/c1-9-11-4-2-3-5-13(11)17(16-9)10-6-7-14(18)12(15)8-10/h2-8,18H,1H3. The topological polar surface area (TPSA) is 38.0 Å². The SMILES string of the molecule is Cc1nn(-c2ccc(O)c(F)c2)c2ccccc12. The lowest BCUT2D eigenvalue weighted by atomic mass is 10.2. The first kappa shape index (κ1) is 10.8. The summed E-state index contributed by atoms with van der Waals surface area (Å²) in [6.07, 6.45) is 0. The molecule has 0 radical (unpaired) electrons. The summed E-state index contributed by atoms with van der Waals surface area (Å²) in [5.41, 5.74) is 2.40. The van der Waals surface area contributed by atoms with E-state index in [0.717, 1.165) is 16.6 Å². The van der Waals surface area contributed by atoms with Crippen molar-refractivity contribution in [1.82, 2.24) is 9.78 Å². The molecule has 0 fully saturated rings. The molecule has 0 saturated carbocycles.